The molecule has 1 amide bonds. The van der Waals surface area contributed by atoms with Crippen LogP contribution in [0.25, 0.3) is 0 Å². The molecule has 0 atom stereocenters. The summed E-state index contributed by atoms with van der Waals surface area (Å²) in [5.74, 6) is -0.916. The van der Waals surface area contributed by atoms with Crippen molar-refractivity contribution in [1.29, 1.82) is 5.26 Å². The average molecular weight is 502 g/mol. The molecule has 1 N–H and O–H groups in total. The van der Waals surface area contributed by atoms with Crippen molar-refractivity contribution in [3.63, 3.8) is 0 Å². The van der Waals surface area contributed by atoms with Gasteiger partial charge in [0.05, 0.1) is 30.1 Å². The lowest BCUT2D eigenvalue weighted by Crippen LogP contribution is -2.30. The van der Waals surface area contributed by atoms with Crippen LogP contribution in [0, 0.1) is 18.3 Å². The lowest BCUT2D eigenvalue weighted by atomic mass is 10.2. The highest BCUT2D eigenvalue weighted by Crippen LogP contribution is 2.35. The molecule has 0 unspecified atom stereocenters. The van der Waals surface area contributed by atoms with E-state index in [2.05, 4.69) is 9.97 Å². The van der Waals surface area contributed by atoms with Crippen molar-refractivity contribution < 1.29 is 26.4 Å². The molecule has 0 aliphatic heterocycles. The van der Waals surface area contributed by atoms with Crippen LogP contribution in [0.4, 0.5) is 24.0 Å². The number of halogens is 3. The van der Waals surface area contributed by atoms with Crippen LogP contribution < -0.4 is 9.62 Å². The molecule has 0 spiro atoms. The molecule has 0 radical (unpaired) electrons. The van der Waals surface area contributed by atoms with Crippen LogP contribution >= 0.6 is 22.7 Å². The third kappa shape index (κ3) is 5.61. The second kappa shape index (κ2) is 8.85. The summed E-state index contributed by atoms with van der Waals surface area (Å²) in [7, 11) is -3.81. The molecule has 8 nitrogen and oxygen atoms in total. The number of alkyl halides is 3. The summed E-state index contributed by atoms with van der Waals surface area (Å²) in [5.41, 5.74) is 0.879. The van der Waals surface area contributed by atoms with Crippen molar-refractivity contribution in [3.8, 4) is 6.07 Å². The van der Waals surface area contributed by atoms with E-state index in [0.29, 0.717) is 27.5 Å². The first kappa shape index (κ1) is 23.6. The molecule has 0 bridgehead atoms. The molecule has 0 saturated heterocycles. The molecule has 0 saturated carbocycles. The maximum atomic E-state index is 12.9. The lowest BCUT2D eigenvalue weighted by molar-refractivity contribution is -0.137. The SMILES string of the molecule is Cc1sc(N(Cc2csc(C(F)(F)F)n2)c2ccc(C#N)cc2)nc1C(=O)NS(C)(=O)=O. The number of aromatic nitrogens is 2. The molecular formula is C18H14F3N5O3S3. The summed E-state index contributed by atoms with van der Waals surface area (Å²) in [4.78, 5) is 22.1. The maximum Gasteiger partial charge on any atom is 0.443 e. The Kier molecular flexibility index (Phi) is 6.54. The third-order valence-corrected chi connectivity index (χ3v) is 6.42. The van der Waals surface area contributed by atoms with Crippen LogP contribution in [0.5, 0.6) is 0 Å². The molecule has 0 aliphatic rings. The highest BCUT2D eigenvalue weighted by molar-refractivity contribution is 7.89. The molecule has 168 valence electrons. The number of hydrogen-bond donors (Lipinski definition) is 1. The first-order chi connectivity index (χ1) is 14.9. The van der Waals surface area contributed by atoms with Crippen LogP contribution in [-0.2, 0) is 22.7 Å². The van der Waals surface area contributed by atoms with E-state index in [1.165, 1.54) is 22.4 Å². The van der Waals surface area contributed by atoms with Crippen LogP contribution in [0.2, 0.25) is 0 Å². The number of nitrogens with zero attached hydrogens (tertiary/aromatic N) is 4. The first-order valence-corrected chi connectivity index (χ1v) is 12.2. The van der Waals surface area contributed by atoms with E-state index in [1.54, 1.807) is 19.1 Å². The molecule has 3 rings (SSSR count). The van der Waals surface area contributed by atoms with Gasteiger partial charge in [0.25, 0.3) is 5.91 Å². The van der Waals surface area contributed by atoms with E-state index in [9.17, 15) is 26.4 Å². The molecule has 2 aromatic heterocycles. The number of anilines is 2. The minimum atomic E-state index is -4.57. The van der Waals surface area contributed by atoms with Crippen molar-refractivity contribution in [1.82, 2.24) is 14.7 Å². The summed E-state index contributed by atoms with van der Waals surface area (Å²) in [6, 6.07) is 8.21. The van der Waals surface area contributed by atoms with Gasteiger partial charge in [0.1, 0.15) is 5.69 Å². The molecule has 0 fully saturated rings. The number of benzene rings is 1. The number of rotatable bonds is 6. The van der Waals surface area contributed by atoms with Gasteiger partial charge in [-0.3, -0.25) is 4.79 Å². The molecule has 2 heterocycles. The highest BCUT2D eigenvalue weighted by atomic mass is 32.2. The zero-order chi connectivity index (χ0) is 23.7. The summed E-state index contributed by atoms with van der Waals surface area (Å²) >= 11 is 1.52. The Morgan fingerprint density at radius 1 is 1.25 bits per heavy atom. The minimum Gasteiger partial charge on any atom is -0.312 e. The lowest BCUT2D eigenvalue weighted by Gasteiger charge is -2.21. The summed E-state index contributed by atoms with van der Waals surface area (Å²) in [5, 5.41) is 9.54. The topological polar surface area (TPSA) is 116 Å². The van der Waals surface area contributed by atoms with E-state index >= 15 is 0 Å². The van der Waals surface area contributed by atoms with E-state index in [0.717, 1.165) is 17.6 Å². The number of thiazole rings is 2. The van der Waals surface area contributed by atoms with Crippen molar-refractivity contribution in [3.05, 3.63) is 56.5 Å². The summed E-state index contributed by atoms with van der Waals surface area (Å²) < 4.78 is 63.4. The largest absolute Gasteiger partial charge is 0.443 e. The molecular weight excluding hydrogens is 487 g/mol. The van der Waals surface area contributed by atoms with Gasteiger partial charge in [-0.05, 0) is 31.2 Å². The smallest absolute Gasteiger partial charge is 0.312 e. The van der Waals surface area contributed by atoms with Crippen LogP contribution in [0.3, 0.4) is 0 Å². The summed E-state index contributed by atoms with van der Waals surface area (Å²) in [6.45, 7) is 1.47. The average Bonchev–Trinajstić information content (AvgIpc) is 3.31. The number of carbonyl (C=O) groups excluding carboxylic acids is 1. The van der Waals surface area contributed by atoms with Gasteiger partial charge in [-0.25, -0.2) is 23.1 Å². The van der Waals surface area contributed by atoms with Crippen molar-refractivity contribution in [2.24, 2.45) is 0 Å². The van der Waals surface area contributed by atoms with Crippen molar-refractivity contribution in [2.75, 3.05) is 11.2 Å². The van der Waals surface area contributed by atoms with Crippen LogP contribution in [0.1, 0.15) is 31.6 Å². The Labute approximate surface area is 189 Å². The number of aryl methyl sites for hydroxylation is 1. The Hall–Kier alpha value is -3.02. The fourth-order valence-corrected chi connectivity index (χ4v) is 4.62. The molecule has 3 aromatic rings. The molecule has 1 aromatic carbocycles. The van der Waals surface area contributed by atoms with Crippen molar-refractivity contribution >= 4 is 49.4 Å². The van der Waals surface area contributed by atoms with E-state index in [4.69, 9.17) is 5.26 Å². The number of nitrogens with one attached hydrogen (secondary N) is 1. The number of nitriles is 1. The Morgan fingerprint density at radius 3 is 2.44 bits per heavy atom. The Bertz CT molecular complexity index is 1290. The zero-order valence-electron chi connectivity index (χ0n) is 16.5. The monoisotopic (exact) mass is 501 g/mol. The maximum absolute atomic E-state index is 12.9. The number of carbonyl (C=O) groups is 1. The van der Waals surface area contributed by atoms with Gasteiger partial charge < -0.3 is 4.90 Å². The number of amides is 1. The predicted molar refractivity (Wildman–Crippen MR) is 113 cm³/mol. The second-order valence-corrected chi connectivity index (χ2v) is 10.3. The van der Waals surface area contributed by atoms with Gasteiger partial charge in [-0.15, -0.1) is 22.7 Å². The van der Waals surface area contributed by atoms with Gasteiger partial charge in [0.15, 0.2) is 10.1 Å². The quantitative estimate of drug-likeness (QED) is 0.546. The first-order valence-electron chi connectivity index (χ1n) is 8.66. The highest BCUT2D eigenvalue weighted by Gasteiger charge is 2.35. The van der Waals surface area contributed by atoms with Crippen molar-refractivity contribution in [2.45, 2.75) is 19.6 Å². The van der Waals surface area contributed by atoms with Gasteiger partial charge in [-0.2, -0.15) is 18.4 Å². The third-order valence-electron chi connectivity index (χ3n) is 3.93. The zero-order valence-corrected chi connectivity index (χ0v) is 18.9. The van der Waals surface area contributed by atoms with E-state index in [-0.39, 0.29) is 23.1 Å². The second-order valence-electron chi connectivity index (χ2n) is 6.49. The number of sulfonamides is 1. The Morgan fingerprint density at radius 2 is 1.91 bits per heavy atom. The predicted octanol–water partition coefficient (Wildman–Crippen LogP) is 3.83. The number of hydrogen-bond acceptors (Lipinski definition) is 9. The fraction of sp³-hybridized carbons (Fsp3) is 0.222. The summed E-state index contributed by atoms with van der Waals surface area (Å²) in [6.07, 6.45) is -3.74. The minimum absolute atomic E-state index is 0.0986. The van der Waals surface area contributed by atoms with Crippen LogP contribution in [-0.4, -0.2) is 30.5 Å². The molecule has 32 heavy (non-hydrogen) atoms. The Balaban J connectivity index is 2.01. The van der Waals surface area contributed by atoms with E-state index < -0.39 is 27.1 Å². The van der Waals surface area contributed by atoms with E-state index in [1.807, 2.05) is 10.8 Å². The molecule has 14 heteroatoms. The fourth-order valence-electron chi connectivity index (χ4n) is 2.58. The van der Waals surface area contributed by atoms with Gasteiger partial charge in [-0.1, -0.05) is 0 Å². The van der Waals surface area contributed by atoms with Gasteiger partial charge in [0.2, 0.25) is 10.0 Å². The normalized spacial score (nSPS) is 11.8. The molecule has 0 aliphatic carbocycles. The van der Waals surface area contributed by atoms with Gasteiger partial charge in [0, 0.05) is 15.9 Å². The van der Waals surface area contributed by atoms with Crippen LogP contribution in [0.15, 0.2) is 29.6 Å². The van der Waals surface area contributed by atoms with Gasteiger partial charge >= 0.3 is 6.18 Å². The standard InChI is InChI=1S/C18H14F3N5O3S3/c1-10-14(15(27)25-32(2,28)29)24-17(31-10)26(13-5-3-11(7-22)4-6-13)8-12-9-30-16(23-12)18(19,20)21/h3-6,9H,8H2,1-2H3,(H,25,27).